The van der Waals surface area contributed by atoms with Crippen LogP contribution >= 0.6 is 0 Å². The van der Waals surface area contributed by atoms with Gasteiger partial charge in [-0.3, -0.25) is 9.59 Å². The van der Waals surface area contributed by atoms with E-state index in [0.29, 0.717) is 26.1 Å². The number of benzene rings is 1. The average Bonchev–Trinajstić information content (AvgIpc) is 2.97. The number of nitrogens with one attached hydrogen (secondary N) is 2. The molecule has 1 saturated heterocycles. The fraction of sp³-hybridized carbons (Fsp3) is 0.412. The number of rotatable bonds is 4. The van der Waals surface area contributed by atoms with Crippen LogP contribution in [0.3, 0.4) is 0 Å². The van der Waals surface area contributed by atoms with Gasteiger partial charge in [-0.2, -0.15) is 0 Å². The standard InChI is InChI=1S/C17H21N3O3/c1-12(21)20-8-9-23-11-16(20)17(22)18-7-6-14-10-13-4-2-3-5-15(13)19-14/h2-5,10,16,19H,6-9,11H2,1H3,(H,18,22). The van der Waals surface area contributed by atoms with E-state index in [2.05, 4.69) is 22.4 Å². The molecule has 2 N–H and O–H groups in total. The molecule has 122 valence electrons. The van der Waals surface area contributed by atoms with E-state index in [1.54, 1.807) is 4.90 Å². The largest absolute Gasteiger partial charge is 0.377 e. The number of hydrogen-bond acceptors (Lipinski definition) is 3. The Morgan fingerprint density at radius 2 is 2.22 bits per heavy atom. The molecule has 6 nitrogen and oxygen atoms in total. The molecule has 0 spiro atoms. The Morgan fingerprint density at radius 1 is 1.39 bits per heavy atom. The lowest BCUT2D eigenvalue weighted by Crippen LogP contribution is -2.55. The van der Waals surface area contributed by atoms with Gasteiger partial charge in [0.1, 0.15) is 6.04 Å². The number of nitrogens with zero attached hydrogens (tertiary/aromatic N) is 1. The van der Waals surface area contributed by atoms with E-state index in [1.165, 1.54) is 6.92 Å². The molecular formula is C17H21N3O3. The molecule has 6 heteroatoms. The van der Waals surface area contributed by atoms with Crippen LogP contribution in [0, 0.1) is 0 Å². The Balaban J connectivity index is 1.55. The second kappa shape index (κ2) is 6.83. The first kappa shape index (κ1) is 15.6. The summed E-state index contributed by atoms with van der Waals surface area (Å²) in [6.45, 7) is 3.22. The number of hydrogen-bond donors (Lipinski definition) is 2. The number of carbonyl (C=O) groups is 2. The minimum atomic E-state index is -0.524. The molecule has 2 heterocycles. The molecule has 23 heavy (non-hydrogen) atoms. The maximum absolute atomic E-state index is 12.3. The van der Waals surface area contributed by atoms with Gasteiger partial charge in [0.25, 0.3) is 0 Å². The van der Waals surface area contributed by atoms with Gasteiger partial charge in [0.05, 0.1) is 13.2 Å². The lowest BCUT2D eigenvalue weighted by molar-refractivity contribution is -0.146. The van der Waals surface area contributed by atoms with Gasteiger partial charge in [0.2, 0.25) is 11.8 Å². The van der Waals surface area contributed by atoms with Crippen molar-refractivity contribution in [1.29, 1.82) is 0 Å². The van der Waals surface area contributed by atoms with Gasteiger partial charge in [0.15, 0.2) is 0 Å². The molecule has 0 radical (unpaired) electrons. The minimum Gasteiger partial charge on any atom is -0.377 e. The van der Waals surface area contributed by atoms with Crippen LogP contribution in [0.15, 0.2) is 30.3 Å². The van der Waals surface area contributed by atoms with Gasteiger partial charge in [0, 0.05) is 37.6 Å². The van der Waals surface area contributed by atoms with E-state index in [1.807, 2.05) is 18.2 Å². The second-order valence-electron chi connectivity index (χ2n) is 5.73. The molecule has 1 aliphatic heterocycles. The molecular weight excluding hydrogens is 294 g/mol. The van der Waals surface area contributed by atoms with Crippen molar-refractivity contribution in [3.8, 4) is 0 Å². The maximum Gasteiger partial charge on any atom is 0.245 e. The molecule has 1 fully saturated rings. The lowest BCUT2D eigenvalue weighted by atomic mass is 10.2. The third kappa shape index (κ3) is 3.53. The van der Waals surface area contributed by atoms with Crippen LogP contribution in [-0.2, 0) is 20.7 Å². The van der Waals surface area contributed by atoms with Crippen molar-refractivity contribution in [2.24, 2.45) is 0 Å². The average molecular weight is 315 g/mol. The minimum absolute atomic E-state index is 0.0935. The zero-order chi connectivity index (χ0) is 16.2. The van der Waals surface area contributed by atoms with E-state index < -0.39 is 6.04 Å². The van der Waals surface area contributed by atoms with Crippen molar-refractivity contribution in [1.82, 2.24) is 15.2 Å². The molecule has 1 unspecified atom stereocenters. The van der Waals surface area contributed by atoms with Crippen molar-refractivity contribution in [2.45, 2.75) is 19.4 Å². The summed E-state index contributed by atoms with van der Waals surface area (Å²) >= 11 is 0. The molecule has 2 aromatic rings. The van der Waals surface area contributed by atoms with Crippen molar-refractivity contribution < 1.29 is 14.3 Å². The second-order valence-corrected chi connectivity index (χ2v) is 5.73. The van der Waals surface area contributed by atoms with E-state index in [-0.39, 0.29) is 18.4 Å². The molecule has 0 saturated carbocycles. The Morgan fingerprint density at radius 3 is 3.00 bits per heavy atom. The quantitative estimate of drug-likeness (QED) is 0.886. The topological polar surface area (TPSA) is 74.4 Å². The van der Waals surface area contributed by atoms with E-state index in [9.17, 15) is 9.59 Å². The number of amides is 2. The summed E-state index contributed by atoms with van der Waals surface area (Å²) in [6.07, 6.45) is 0.716. The molecule has 1 atom stereocenters. The number of ether oxygens (including phenoxy) is 1. The van der Waals surface area contributed by atoms with E-state index >= 15 is 0 Å². The number of para-hydroxylation sites is 1. The summed E-state index contributed by atoms with van der Waals surface area (Å²) in [7, 11) is 0. The third-order valence-corrected chi connectivity index (χ3v) is 4.11. The predicted octanol–water partition coefficient (Wildman–Crippen LogP) is 1.07. The van der Waals surface area contributed by atoms with E-state index in [0.717, 1.165) is 16.6 Å². The van der Waals surface area contributed by atoms with Gasteiger partial charge in [-0.25, -0.2) is 0 Å². The zero-order valence-corrected chi connectivity index (χ0v) is 13.2. The number of aromatic nitrogens is 1. The van der Waals surface area contributed by atoms with Crippen LogP contribution in [0.5, 0.6) is 0 Å². The van der Waals surface area contributed by atoms with Crippen LogP contribution in [0.2, 0.25) is 0 Å². The number of H-pyrrole nitrogens is 1. The van der Waals surface area contributed by atoms with Gasteiger partial charge < -0.3 is 19.9 Å². The van der Waals surface area contributed by atoms with Crippen LogP contribution < -0.4 is 5.32 Å². The Bertz CT molecular complexity index is 677. The maximum atomic E-state index is 12.3. The Hall–Kier alpha value is -2.34. The summed E-state index contributed by atoms with van der Waals surface area (Å²) in [6, 6.07) is 9.64. The fourth-order valence-electron chi connectivity index (χ4n) is 2.90. The van der Waals surface area contributed by atoms with Crippen molar-refractivity contribution >= 4 is 22.7 Å². The predicted molar refractivity (Wildman–Crippen MR) is 87.0 cm³/mol. The lowest BCUT2D eigenvalue weighted by Gasteiger charge is -2.33. The molecule has 2 amide bonds. The summed E-state index contributed by atoms with van der Waals surface area (Å²) < 4.78 is 5.33. The molecule has 1 aliphatic rings. The van der Waals surface area contributed by atoms with Crippen molar-refractivity contribution in [2.75, 3.05) is 26.3 Å². The van der Waals surface area contributed by atoms with Gasteiger partial charge in [-0.1, -0.05) is 18.2 Å². The molecule has 1 aromatic heterocycles. The van der Waals surface area contributed by atoms with Gasteiger partial charge in [-0.15, -0.1) is 0 Å². The number of aromatic amines is 1. The zero-order valence-electron chi connectivity index (χ0n) is 13.2. The smallest absolute Gasteiger partial charge is 0.245 e. The SMILES string of the molecule is CC(=O)N1CCOCC1C(=O)NCCc1cc2ccccc2[nH]1. The normalized spacial score (nSPS) is 18.1. The summed E-state index contributed by atoms with van der Waals surface area (Å²) in [4.78, 5) is 28.8. The van der Waals surface area contributed by atoms with Gasteiger partial charge >= 0.3 is 0 Å². The first-order chi connectivity index (χ1) is 11.1. The highest BCUT2D eigenvalue weighted by atomic mass is 16.5. The van der Waals surface area contributed by atoms with Crippen LogP contribution in [0.1, 0.15) is 12.6 Å². The van der Waals surface area contributed by atoms with Crippen molar-refractivity contribution in [3.05, 3.63) is 36.0 Å². The number of morpholine rings is 1. The van der Waals surface area contributed by atoms with Gasteiger partial charge in [-0.05, 0) is 17.5 Å². The summed E-state index contributed by atoms with van der Waals surface area (Å²) in [5, 5.41) is 4.06. The molecule has 1 aromatic carbocycles. The first-order valence-corrected chi connectivity index (χ1v) is 7.84. The van der Waals surface area contributed by atoms with Crippen LogP contribution in [0.4, 0.5) is 0 Å². The highest BCUT2D eigenvalue weighted by Crippen LogP contribution is 2.14. The highest BCUT2D eigenvalue weighted by Gasteiger charge is 2.30. The number of carbonyl (C=O) groups excluding carboxylic acids is 2. The molecule has 0 aliphatic carbocycles. The summed E-state index contributed by atoms with van der Waals surface area (Å²) in [5.74, 6) is -0.250. The van der Waals surface area contributed by atoms with Crippen molar-refractivity contribution in [3.63, 3.8) is 0 Å². The van der Waals surface area contributed by atoms with E-state index in [4.69, 9.17) is 4.74 Å². The third-order valence-electron chi connectivity index (χ3n) is 4.11. The summed E-state index contributed by atoms with van der Waals surface area (Å²) in [5.41, 5.74) is 2.17. The first-order valence-electron chi connectivity index (χ1n) is 7.84. The Labute approximate surface area is 134 Å². The number of fused-ring (bicyclic) bond motifs is 1. The Kier molecular flexibility index (Phi) is 4.62. The highest BCUT2D eigenvalue weighted by molar-refractivity contribution is 5.87. The molecule has 3 rings (SSSR count). The van der Waals surface area contributed by atoms with Crippen LogP contribution in [0.25, 0.3) is 10.9 Å². The fourth-order valence-corrected chi connectivity index (χ4v) is 2.90. The monoisotopic (exact) mass is 315 g/mol. The van der Waals surface area contributed by atoms with Crippen LogP contribution in [-0.4, -0.2) is 54.0 Å². The molecule has 0 bridgehead atoms.